The molecular formula is C16H13N3O6S2. The number of aliphatic carboxylic acids is 1. The Bertz CT molecular complexity index is 911. The van der Waals surface area contributed by atoms with E-state index in [1.807, 2.05) is 0 Å². The normalized spacial score (nSPS) is 16.6. The van der Waals surface area contributed by atoms with Crippen molar-refractivity contribution in [2.75, 3.05) is 10.2 Å². The monoisotopic (exact) mass is 407 g/mol. The van der Waals surface area contributed by atoms with Gasteiger partial charge in [0, 0.05) is 11.8 Å². The number of aromatic nitrogens is 1. The van der Waals surface area contributed by atoms with E-state index in [0.717, 1.165) is 28.0 Å². The molecule has 0 aliphatic carbocycles. The molecule has 140 valence electrons. The van der Waals surface area contributed by atoms with Crippen LogP contribution in [-0.4, -0.2) is 43.5 Å². The maximum atomic E-state index is 12.5. The first-order chi connectivity index (χ1) is 12.8. The maximum Gasteiger partial charge on any atom is 0.309 e. The Hall–Kier alpha value is -2.92. The van der Waals surface area contributed by atoms with Crippen molar-refractivity contribution in [2.24, 2.45) is 0 Å². The molecule has 1 aromatic carbocycles. The summed E-state index contributed by atoms with van der Waals surface area (Å²) in [5, 5.41) is 20.9. The van der Waals surface area contributed by atoms with Gasteiger partial charge in [-0.05, 0) is 36.0 Å². The first-order valence-electron chi connectivity index (χ1n) is 7.63. The van der Waals surface area contributed by atoms with E-state index in [1.165, 1.54) is 29.6 Å². The summed E-state index contributed by atoms with van der Waals surface area (Å²) in [5.74, 6) is -2.04. The van der Waals surface area contributed by atoms with Crippen LogP contribution in [0.2, 0.25) is 0 Å². The standard InChI is InChI=1S/C16H13N3O6S2/c20-10-3-1-9(2-4-10)19-14(24)11(27-16(19)25)6-12(21)18-15-17-8(7-26-15)5-13(22)23/h1-4,7,11,20H,5-6H2,(H,22,23)(H,17,18,21). The fraction of sp³-hybridized carbons (Fsp3) is 0.188. The number of imide groups is 1. The van der Waals surface area contributed by atoms with Gasteiger partial charge < -0.3 is 15.5 Å². The van der Waals surface area contributed by atoms with Crippen molar-refractivity contribution < 1.29 is 29.4 Å². The molecule has 0 radical (unpaired) electrons. The number of hydrogen-bond acceptors (Lipinski definition) is 8. The van der Waals surface area contributed by atoms with Crippen molar-refractivity contribution in [3.05, 3.63) is 35.3 Å². The van der Waals surface area contributed by atoms with Gasteiger partial charge in [-0.15, -0.1) is 11.3 Å². The van der Waals surface area contributed by atoms with Crippen LogP contribution in [-0.2, 0) is 20.8 Å². The predicted molar refractivity (Wildman–Crippen MR) is 99.1 cm³/mol. The van der Waals surface area contributed by atoms with E-state index in [-0.39, 0.29) is 23.7 Å². The second kappa shape index (κ2) is 7.76. The quantitative estimate of drug-likeness (QED) is 0.662. The van der Waals surface area contributed by atoms with Crippen LogP contribution in [0.15, 0.2) is 29.6 Å². The third kappa shape index (κ3) is 4.44. The van der Waals surface area contributed by atoms with E-state index in [4.69, 9.17) is 5.11 Å². The van der Waals surface area contributed by atoms with Gasteiger partial charge in [0.15, 0.2) is 5.13 Å². The summed E-state index contributed by atoms with van der Waals surface area (Å²) in [7, 11) is 0. The summed E-state index contributed by atoms with van der Waals surface area (Å²) < 4.78 is 0. The molecule has 1 unspecified atom stereocenters. The molecule has 1 aliphatic rings. The van der Waals surface area contributed by atoms with E-state index < -0.39 is 28.3 Å². The smallest absolute Gasteiger partial charge is 0.309 e. The second-order valence-corrected chi connectivity index (χ2v) is 7.54. The Kier molecular flexibility index (Phi) is 5.42. The largest absolute Gasteiger partial charge is 0.508 e. The Morgan fingerprint density at radius 3 is 2.59 bits per heavy atom. The van der Waals surface area contributed by atoms with Gasteiger partial charge in [-0.2, -0.15) is 0 Å². The molecule has 11 heteroatoms. The first kappa shape index (κ1) is 18.9. The third-order valence-electron chi connectivity index (χ3n) is 3.53. The van der Waals surface area contributed by atoms with E-state index in [0.29, 0.717) is 11.4 Å². The van der Waals surface area contributed by atoms with Gasteiger partial charge >= 0.3 is 5.97 Å². The Balaban J connectivity index is 1.62. The van der Waals surface area contributed by atoms with Crippen LogP contribution < -0.4 is 10.2 Å². The van der Waals surface area contributed by atoms with Gasteiger partial charge in [-0.3, -0.25) is 19.2 Å². The molecule has 1 saturated heterocycles. The number of amides is 3. The number of carboxylic acids is 1. The molecule has 2 aromatic rings. The molecule has 27 heavy (non-hydrogen) atoms. The van der Waals surface area contributed by atoms with Crippen LogP contribution in [0.25, 0.3) is 0 Å². The summed E-state index contributed by atoms with van der Waals surface area (Å²) in [6.07, 6.45) is -0.475. The molecule has 1 fully saturated rings. The average molecular weight is 407 g/mol. The SMILES string of the molecule is O=C(O)Cc1csc(NC(=O)CC2SC(=O)N(c3ccc(O)cc3)C2=O)n1. The molecule has 3 rings (SSSR count). The zero-order chi connectivity index (χ0) is 19.6. The number of phenols is 1. The number of carboxylic acid groups (broad SMARTS) is 1. The summed E-state index contributed by atoms with van der Waals surface area (Å²) in [4.78, 5) is 52.4. The third-order valence-corrected chi connectivity index (χ3v) is 5.37. The fourth-order valence-electron chi connectivity index (χ4n) is 2.36. The number of carbonyl (C=O) groups is 4. The fourth-order valence-corrected chi connectivity index (χ4v) is 4.07. The van der Waals surface area contributed by atoms with Crippen molar-refractivity contribution >= 4 is 56.9 Å². The summed E-state index contributed by atoms with van der Waals surface area (Å²) in [6, 6.07) is 5.59. The molecule has 1 atom stereocenters. The first-order valence-corrected chi connectivity index (χ1v) is 9.39. The minimum Gasteiger partial charge on any atom is -0.508 e. The number of hydrogen-bond donors (Lipinski definition) is 3. The van der Waals surface area contributed by atoms with E-state index >= 15 is 0 Å². The maximum absolute atomic E-state index is 12.5. The highest BCUT2D eigenvalue weighted by molar-refractivity contribution is 8.15. The highest BCUT2D eigenvalue weighted by Gasteiger charge is 2.41. The topological polar surface area (TPSA) is 137 Å². The molecule has 2 heterocycles. The van der Waals surface area contributed by atoms with Gasteiger partial charge in [0.05, 0.1) is 17.8 Å². The second-order valence-electron chi connectivity index (χ2n) is 5.53. The summed E-state index contributed by atoms with van der Waals surface area (Å²) >= 11 is 1.83. The minimum absolute atomic E-state index is 0.00661. The Labute approximate surface area is 161 Å². The number of carbonyl (C=O) groups excluding carboxylic acids is 3. The number of phenolic OH excluding ortho intramolecular Hbond substituents is 1. The van der Waals surface area contributed by atoms with E-state index in [2.05, 4.69) is 10.3 Å². The lowest BCUT2D eigenvalue weighted by Crippen LogP contribution is -2.32. The van der Waals surface area contributed by atoms with Crippen LogP contribution in [0.4, 0.5) is 15.6 Å². The zero-order valence-corrected chi connectivity index (χ0v) is 15.2. The molecular weight excluding hydrogens is 394 g/mol. The molecule has 0 spiro atoms. The number of aromatic hydroxyl groups is 1. The summed E-state index contributed by atoms with van der Waals surface area (Å²) in [6.45, 7) is 0. The number of nitrogens with zero attached hydrogens (tertiary/aromatic N) is 2. The highest BCUT2D eigenvalue weighted by Crippen LogP contribution is 2.34. The number of benzene rings is 1. The summed E-state index contributed by atoms with van der Waals surface area (Å²) in [5.41, 5.74) is 0.638. The molecule has 1 aliphatic heterocycles. The zero-order valence-electron chi connectivity index (χ0n) is 13.6. The molecule has 0 saturated carbocycles. The van der Waals surface area contributed by atoms with Crippen LogP contribution in [0.5, 0.6) is 5.75 Å². The van der Waals surface area contributed by atoms with Crippen LogP contribution in [0.3, 0.4) is 0 Å². The lowest BCUT2D eigenvalue weighted by atomic mass is 10.2. The molecule has 3 N–H and O–H groups in total. The molecule has 0 bridgehead atoms. The molecule has 1 aromatic heterocycles. The van der Waals surface area contributed by atoms with Crippen LogP contribution in [0, 0.1) is 0 Å². The molecule has 3 amide bonds. The van der Waals surface area contributed by atoms with Crippen molar-refractivity contribution in [3.63, 3.8) is 0 Å². The van der Waals surface area contributed by atoms with E-state index in [9.17, 15) is 24.3 Å². The number of rotatable bonds is 6. The Morgan fingerprint density at radius 1 is 1.22 bits per heavy atom. The Morgan fingerprint density at radius 2 is 1.93 bits per heavy atom. The number of nitrogens with one attached hydrogen (secondary N) is 1. The lowest BCUT2D eigenvalue weighted by molar-refractivity contribution is -0.136. The van der Waals surface area contributed by atoms with Crippen molar-refractivity contribution in [1.29, 1.82) is 0 Å². The van der Waals surface area contributed by atoms with Gasteiger partial charge in [0.1, 0.15) is 11.0 Å². The minimum atomic E-state index is -1.03. The van der Waals surface area contributed by atoms with Gasteiger partial charge in [-0.25, -0.2) is 9.88 Å². The van der Waals surface area contributed by atoms with Crippen LogP contribution >= 0.6 is 23.1 Å². The number of anilines is 2. The average Bonchev–Trinajstić information content (AvgIpc) is 3.12. The number of thiazole rings is 1. The van der Waals surface area contributed by atoms with Gasteiger partial charge in [-0.1, -0.05) is 0 Å². The number of thioether (sulfide) groups is 1. The van der Waals surface area contributed by atoms with Gasteiger partial charge in [0.25, 0.3) is 5.24 Å². The van der Waals surface area contributed by atoms with Crippen molar-refractivity contribution in [3.8, 4) is 5.75 Å². The van der Waals surface area contributed by atoms with Crippen molar-refractivity contribution in [2.45, 2.75) is 18.1 Å². The predicted octanol–water partition coefficient (Wildman–Crippen LogP) is 2.07. The van der Waals surface area contributed by atoms with Gasteiger partial charge in [0.2, 0.25) is 11.8 Å². The lowest BCUT2D eigenvalue weighted by Gasteiger charge is -2.13. The molecule has 9 nitrogen and oxygen atoms in total. The van der Waals surface area contributed by atoms with Crippen LogP contribution in [0.1, 0.15) is 12.1 Å². The highest BCUT2D eigenvalue weighted by atomic mass is 32.2. The van der Waals surface area contributed by atoms with E-state index in [1.54, 1.807) is 0 Å². The van der Waals surface area contributed by atoms with Crippen molar-refractivity contribution in [1.82, 2.24) is 4.98 Å².